The Balaban J connectivity index is -0.000000349. The van der Waals surface area contributed by atoms with Crippen molar-refractivity contribution in [3.05, 3.63) is 107 Å². The normalized spacial score (nSPS) is 9.61. The van der Waals surface area contributed by atoms with Gasteiger partial charge < -0.3 is 59.4 Å². The van der Waals surface area contributed by atoms with E-state index in [0.717, 1.165) is 61.9 Å². The fourth-order valence-electron chi connectivity index (χ4n) is 4.49. The number of ketones is 1. The largest absolute Gasteiger partial charge is 0.542 e. The van der Waals surface area contributed by atoms with Crippen molar-refractivity contribution in [2.24, 2.45) is 0 Å². The second-order valence-electron chi connectivity index (χ2n) is 12.3. The zero-order valence-corrected chi connectivity index (χ0v) is 54.4. The van der Waals surface area contributed by atoms with Gasteiger partial charge in [-0.25, -0.2) is 4.79 Å². The summed E-state index contributed by atoms with van der Waals surface area (Å²) in [6, 6.07) is 21.2. The van der Waals surface area contributed by atoms with Crippen LogP contribution in [0.25, 0.3) is 0 Å². The predicted octanol–water partition coefficient (Wildman–Crippen LogP) is 1.65. The van der Waals surface area contributed by atoms with Gasteiger partial charge in [0.15, 0.2) is 5.70 Å². The average Bonchev–Trinajstić information content (AvgIpc) is 3.24. The summed E-state index contributed by atoms with van der Waals surface area (Å²) >= 11 is 1.65. The van der Waals surface area contributed by atoms with Crippen LogP contribution in [0.2, 0.25) is 0 Å². The Hall–Kier alpha value is -0.952. The van der Waals surface area contributed by atoms with E-state index >= 15 is 0 Å². The molecule has 14 nitrogen and oxygen atoms in total. The van der Waals surface area contributed by atoms with Crippen LogP contribution in [0.4, 0.5) is 36.8 Å². The monoisotopic (exact) mass is 1940 g/mol. The first-order chi connectivity index (χ1) is 29.3. The third-order valence-corrected chi connectivity index (χ3v) is 7.58. The van der Waals surface area contributed by atoms with E-state index in [9.17, 15) is 45.5 Å². The average molecular weight is 1940 g/mol. The summed E-state index contributed by atoms with van der Waals surface area (Å²) in [6.45, 7) is 5.80. The Morgan fingerprint density at radius 2 is 0.909 bits per heavy atom. The van der Waals surface area contributed by atoms with Gasteiger partial charge in [-0.2, -0.15) is 56.6 Å². The van der Waals surface area contributed by atoms with Crippen LogP contribution in [0.5, 0.6) is 0 Å². The van der Waals surface area contributed by atoms with Crippen LogP contribution in [-0.4, -0.2) is 81.1 Å². The van der Waals surface area contributed by atoms with Gasteiger partial charge in [0.05, 0.1) is 13.1 Å². The Kier molecular flexibility index (Phi) is 52.4. The minimum Gasteiger partial charge on any atom is -0.542 e. The van der Waals surface area contributed by atoms with Crippen LogP contribution in [0.1, 0.15) is 75.9 Å². The number of quaternary nitrogens is 2. The SMILES string of the molecule is O=C([O-])C(F)(F)F.O=C([O-])C(F)(F)F.[B]I.[B][CH2-].[NH3+]CCCCCC(=O)Cc1ccc(CNC(=O)c2ccc(C(=O)NCc3ccc(NC(=O)NCCCC[NH3+])cc3)cc2)cc1.[U].[U].[U].[U]. The maximum Gasteiger partial charge on any atom is 0.430 e. The fraction of sp³-hybridized carbons (Fsp3) is 0.359. The minimum absolute atomic E-state index is 0. The van der Waals surface area contributed by atoms with Gasteiger partial charge in [-0.3, -0.25) is 14.4 Å². The first kappa shape index (κ1) is 76.5. The molecule has 3 aromatic rings. The van der Waals surface area contributed by atoms with Crippen molar-refractivity contribution in [1.29, 1.82) is 0 Å². The van der Waals surface area contributed by atoms with Crippen molar-refractivity contribution < 1.29 is 201 Å². The zero-order chi connectivity index (χ0) is 47.7. The molecular formula is C39H48B2F6IN6O8U4-. The molecule has 0 heterocycles. The second kappa shape index (κ2) is 45.2. The van der Waals surface area contributed by atoms with E-state index in [-0.39, 0.29) is 148 Å². The molecule has 354 valence electrons. The number of aliphatic carboxylic acids is 2. The molecule has 10 N–H and O–H groups in total. The number of hydrogen-bond donors (Lipinski definition) is 6. The van der Waals surface area contributed by atoms with E-state index in [1.165, 1.54) is 0 Å². The van der Waals surface area contributed by atoms with Gasteiger partial charge in [-0.15, -0.1) is 0 Å². The molecule has 0 saturated carbocycles. The minimum atomic E-state index is -5.19. The van der Waals surface area contributed by atoms with Crippen molar-refractivity contribution in [2.45, 2.75) is 70.4 Å². The molecular weight excluding hydrogens is 1900 g/mol. The molecule has 4 radical (unpaired) electrons. The molecule has 3 aromatic carbocycles. The number of amides is 4. The third kappa shape index (κ3) is 38.8. The van der Waals surface area contributed by atoms with Crippen LogP contribution in [0.3, 0.4) is 0 Å². The van der Waals surface area contributed by atoms with Gasteiger partial charge in [-0.05, 0) is 85.2 Å². The maximum absolute atomic E-state index is 12.6. The third-order valence-electron chi connectivity index (χ3n) is 7.58. The van der Waals surface area contributed by atoms with Crippen LogP contribution in [0.15, 0.2) is 72.8 Å². The molecule has 0 saturated heterocycles. The number of rotatable bonds is 18. The molecule has 0 aliphatic carbocycles. The number of hydrogen-bond acceptors (Lipinski definition) is 8. The first-order valence-corrected chi connectivity index (χ1v) is 19.7. The molecule has 0 aromatic heterocycles. The topological polar surface area (TPSA) is 252 Å². The fourth-order valence-corrected chi connectivity index (χ4v) is 4.49. The van der Waals surface area contributed by atoms with E-state index in [4.69, 9.17) is 19.8 Å². The summed E-state index contributed by atoms with van der Waals surface area (Å²) in [5.41, 5.74) is 16.4. The molecule has 0 aliphatic heterocycles. The number of benzene rings is 3. The van der Waals surface area contributed by atoms with Gasteiger partial charge in [0.2, 0.25) is 0 Å². The quantitative estimate of drug-likeness (QED) is 0.0359. The van der Waals surface area contributed by atoms with Gasteiger partial charge >= 0.3 is 18.4 Å². The van der Waals surface area contributed by atoms with Gasteiger partial charge in [-0.1, -0.05) is 36.4 Å². The first-order valence-electron chi connectivity index (χ1n) is 18.4. The second-order valence-corrected chi connectivity index (χ2v) is 12.3. The van der Waals surface area contributed by atoms with Gasteiger partial charge in [0.25, 0.3) is 11.8 Å². The van der Waals surface area contributed by atoms with E-state index in [1.54, 1.807) is 58.8 Å². The number of Topliss-reactive ketones (excluding diaryl/α,β-unsaturated/α-hetero) is 1. The molecule has 66 heavy (non-hydrogen) atoms. The van der Waals surface area contributed by atoms with Crippen LogP contribution >= 0.6 is 22.4 Å². The Morgan fingerprint density at radius 3 is 1.27 bits per heavy atom. The molecule has 0 bridgehead atoms. The molecule has 0 spiro atoms. The number of carbonyl (C=O) groups excluding carboxylic acids is 6. The molecule has 0 unspecified atom stereocenters. The Bertz CT molecular complexity index is 1670. The number of nitrogens with one attached hydrogen (secondary N) is 4. The molecule has 0 aliphatic rings. The summed E-state index contributed by atoms with van der Waals surface area (Å²) in [5.74, 6) is -6.26. The Morgan fingerprint density at radius 1 is 0.561 bits per heavy atom. The maximum atomic E-state index is 12.6. The standard InChI is InChI=1S/C34H44N6O4.2C2HF3O2.CH2B.BI.4U/c35-19-3-1-2-6-31(41)22-25-7-9-26(10-8-25)23-38-32(42)28-13-15-29(16-14-28)33(43)39-24-27-11-17-30(18-12-27)40-34(44)37-21-5-4-20-36;2*3-2(4,5)1(6)7;2*1-2;;;;/h7-18H,1-6,19-24,35-36H2,(H,38,42)(H,39,43)(H2,37,40,44);2*(H,6,7);1H2;;;;;/q;;;-1;;;;;. The number of carboxylic acids is 2. The van der Waals surface area contributed by atoms with Crippen molar-refractivity contribution in [3.8, 4) is 0 Å². The van der Waals surface area contributed by atoms with E-state index in [0.29, 0.717) is 49.3 Å². The number of anilines is 1. The predicted molar refractivity (Wildman–Crippen MR) is 224 cm³/mol. The number of halogens is 7. The molecule has 27 heteroatoms. The number of alkyl halides is 6. The molecule has 3 rings (SSSR count). The number of urea groups is 1. The summed E-state index contributed by atoms with van der Waals surface area (Å²) in [5, 5.41) is 28.9. The van der Waals surface area contributed by atoms with Crippen LogP contribution in [-0.2, 0) is 33.9 Å². The van der Waals surface area contributed by atoms with Gasteiger partial charge in [0.1, 0.15) is 17.7 Å². The summed E-state index contributed by atoms with van der Waals surface area (Å²) in [7, 11) is 4.25. The number of carbonyl (C=O) groups is 6. The molecule has 4 amide bonds. The zero-order valence-electron chi connectivity index (χ0n) is 35.6. The number of unbranched alkanes of at least 4 members (excludes halogenated alkanes) is 3. The summed E-state index contributed by atoms with van der Waals surface area (Å²) in [4.78, 5) is 67.0. The van der Waals surface area contributed by atoms with Crippen molar-refractivity contribution in [2.75, 3.05) is 25.0 Å². The van der Waals surface area contributed by atoms with E-state index in [1.807, 2.05) is 36.4 Å². The van der Waals surface area contributed by atoms with E-state index < -0.39 is 24.3 Å². The van der Waals surface area contributed by atoms with Crippen molar-refractivity contribution in [1.82, 2.24) is 16.0 Å². The van der Waals surface area contributed by atoms with Crippen LogP contribution in [0, 0.1) is 131 Å². The smallest absolute Gasteiger partial charge is 0.430 e. The van der Waals surface area contributed by atoms with Crippen molar-refractivity contribution in [3.63, 3.8) is 0 Å². The van der Waals surface area contributed by atoms with E-state index in [2.05, 4.69) is 53.1 Å². The molecule has 0 atom stereocenters. The van der Waals surface area contributed by atoms with Crippen molar-refractivity contribution >= 4 is 77.2 Å². The summed E-state index contributed by atoms with van der Waals surface area (Å²) in [6.07, 6.45) is -4.48. The van der Waals surface area contributed by atoms with Gasteiger partial charge in [0, 0.05) is 174 Å². The van der Waals surface area contributed by atoms with Crippen LogP contribution < -0.4 is 42.9 Å². The number of carboxylic acid groups (broad SMARTS) is 2. The summed E-state index contributed by atoms with van der Waals surface area (Å²) < 4.78 is 63.1. The Labute approximate surface area is 490 Å². The molecule has 0 fully saturated rings.